The highest BCUT2D eigenvalue weighted by atomic mass is 16.2. The van der Waals surface area contributed by atoms with Crippen LogP contribution in [0.4, 0.5) is 5.95 Å². The molecule has 1 N–H and O–H groups in total. The molecule has 136 valence electrons. The fourth-order valence-electron chi connectivity index (χ4n) is 3.47. The Bertz CT molecular complexity index is 566. The minimum absolute atomic E-state index is 0.248. The number of allylic oxidation sites excluding steroid dienone is 1. The molecule has 2 heterocycles. The Kier molecular flexibility index (Phi) is 6.79. The maximum Gasteiger partial charge on any atom is 0.225 e. The van der Waals surface area contributed by atoms with Crippen LogP contribution in [0.3, 0.4) is 0 Å². The van der Waals surface area contributed by atoms with E-state index in [0.29, 0.717) is 6.42 Å². The van der Waals surface area contributed by atoms with E-state index in [0.717, 1.165) is 51.6 Å². The summed E-state index contributed by atoms with van der Waals surface area (Å²) >= 11 is 0. The van der Waals surface area contributed by atoms with Crippen LogP contribution < -0.4 is 10.2 Å². The van der Waals surface area contributed by atoms with E-state index in [1.165, 1.54) is 25.7 Å². The Balaban J connectivity index is 1.29. The van der Waals surface area contributed by atoms with E-state index >= 15 is 0 Å². The molecule has 6 nitrogen and oxygen atoms in total. The molecular formula is C19H29N5O. The third-order valence-electron chi connectivity index (χ3n) is 4.99. The first-order valence-electron chi connectivity index (χ1n) is 9.51. The summed E-state index contributed by atoms with van der Waals surface area (Å²) in [6.45, 7) is 4.87. The van der Waals surface area contributed by atoms with Gasteiger partial charge in [0.05, 0.1) is 0 Å². The number of aromatic nitrogens is 2. The SMILES string of the molecule is O=C(CCNCCC1=CCCCC1)N1CCN(c2ncccn2)CC1. The maximum absolute atomic E-state index is 12.3. The number of amides is 1. The van der Waals surface area contributed by atoms with E-state index < -0.39 is 0 Å². The van der Waals surface area contributed by atoms with Crippen LogP contribution in [0.15, 0.2) is 30.1 Å². The van der Waals surface area contributed by atoms with Gasteiger partial charge in [-0.25, -0.2) is 9.97 Å². The van der Waals surface area contributed by atoms with Gasteiger partial charge < -0.3 is 15.1 Å². The van der Waals surface area contributed by atoms with Crippen LogP contribution in [-0.2, 0) is 4.79 Å². The molecule has 0 aromatic carbocycles. The standard InChI is InChI=1S/C19H29N5O/c25-18(8-12-20-11-7-17-5-2-1-3-6-17)23-13-15-24(16-14-23)19-21-9-4-10-22-19/h4-5,9-10,20H,1-3,6-8,11-16H2. The van der Waals surface area contributed by atoms with Crippen molar-refractivity contribution in [2.45, 2.75) is 38.5 Å². The van der Waals surface area contributed by atoms with Crippen LogP contribution in [0.2, 0.25) is 0 Å². The van der Waals surface area contributed by atoms with Crippen molar-refractivity contribution in [2.24, 2.45) is 0 Å². The van der Waals surface area contributed by atoms with Gasteiger partial charge in [0.25, 0.3) is 0 Å². The monoisotopic (exact) mass is 343 g/mol. The molecule has 1 aromatic rings. The highest BCUT2D eigenvalue weighted by molar-refractivity contribution is 5.76. The first kappa shape index (κ1) is 17.9. The zero-order valence-electron chi connectivity index (χ0n) is 15.0. The smallest absolute Gasteiger partial charge is 0.225 e. The van der Waals surface area contributed by atoms with Crippen LogP contribution in [-0.4, -0.2) is 60.0 Å². The van der Waals surface area contributed by atoms with Crippen LogP contribution in [0.25, 0.3) is 0 Å². The predicted molar refractivity (Wildman–Crippen MR) is 99.5 cm³/mol. The van der Waals surface area contributed by atoms with Crippen LogP contribution in [0, 0.1) is 0 Å². The summed E-state index contributed by atoms with van der Waals surface area (Å²) in [4.78, 5) is 25.0. The molecule has 1 aromatic heterocycles. The number of carbonyl (C=O) groups excluding carboxylic acids is 1. The van der Waals surface area contributed by atoms with Gasteiger partial charge >= 0.3 is 0 Å². The minimum atomic E-state index is 0.248. The first-order valence-corrected chi connectivity index (χ1v) is 9.51. The molecule has 2 aliphatic rings. The van der Waals surface area contributed by atoms with Crippen LogP contribution >= 0.6 is 0 Å². The van der Waals surface area contributed by atoms with E-state index in [1.54, 1.807) is 18.0 Å². The average Bonchev–Trinajstić information content (AvgIpc) is 2.69. The molecule has 0 unspecified atom stereocenters. The second kappa shape index (κ2) is 9.51. The number of carbonyl (C=O) groups is 1. The Morgan fingerprint density at radius 1 is 1.08 bits per heavy atom. The second-order valence-corrected chi connectivity index (χ2v) is 6.77. The molecule has 0 radical (unpaired) electrons. The predicted octanol–water partition coefficient (Wildman–Crippen LogP) is 2.00. The summed E-state index contributed by atoms with van der Waals surface area (Å²) in [5.41, 5.74) is 1.59. The molecule has 0 spiro atoms. The van der Waals surface area contributed by atoms with Crippen molar-refractivity contribution in [3.8, 4) is 0 Å². The fourth-order valence-corrected chi connectivity index (χ4v) is 3.47. The van der Waals surface area contributed by atoms with Gasteiger partial charge in [-0.2, -0.15) is 0 Å². The van der Waals surface area contributed by atoms with Gasteiger partial charge in [0, 0.05) is 51.5 Å². The summed E-state index contributed by atoms with van der Waals surface area (Å²) in [5, 5.41) is 3.42. The van der Waals surface area contributed by atoms with Crippen molar-refractivity contribution in [2.75, 3.05) is 44.2 Å². The molecule has 1 amide bonds. The summed E-state index contributed by atoms with van der Waals surface area (Å²) in [7, 11) is 0. The van der Waals surface area contributed by atoms with Gasteiger partial charge in [-0.05, 0) is 44.7 Å². The number of anilines is 1. The highest BCUT2D eigenvalue weighted by Gasteiger charge is 2.21. The lowest BCUT2D eigenvalue weighted by atomic mass is 9.97. The number of piperazine rings is 1. The Hall–Kier alpha value is -1.95. The van der Waals surface area contributed by atoms with Crippen molar-refractivity contribution in [3.63, 3.8) is 0 Å². The molecule has 25 heavy (non-hydrogen) atoms. The summed E-state index contributed by atoms with van der Waals surface area (Å²) in [6, 6.07) is 1.82. The minimum Gasteiger partial charge on any atom is -0.339 e. The van der Waals surface area contributed by atoms with Gasteiger partial charge in [0.15, 0.2) is 0 Å². The molecule has 1 aliphatic heterocycles. The summed E-state index contributed by atoms with van der Waals surface area (Å²) in [6.07, 6.45) is 12.8. The lowest BCUT2D eigenvalue weighted by molar-refractivity contribution is -0.131. The molecule has 3 rings (SSSR count). The van der Waals surface area contributed by atoms with Crippen molar-refractivity contribution in [1.29, 1.82) is 0 Å². The van der Waals surface area contributed by atoms with E-state index in [4.69, 9.17) is 0 Å². The summed E-state index contributed by atoms with van der Waals surface area (Å²) < 4.78 is 0. The number of hydrogen-bond acceptors (Lipinski definition) is 5. The molecule has 1 fully saturated rings. The van der Waals surface area contributed by atoms with E-state index in [2.05, 4.69) is 26.3 Å². The Morgan fingerprint density at radius 3 is 2.60 bits per heavy atom. The number of hydrogen-bond donors (Lipinski definition) is 1. The normalized spacial score (nSPS) is 18.2. The molecule has 0 saturated carbocycles. The van der Waals surface area contributed by atoms with Crippen molar-refractivity contribution in [1.82, 2.24) is 20.2 Å². The third-order valence-corrected chi connectivity index (χ3v) is 4.99. The lowest BCUT2D eigenvalue weighted by Gasteiger charge is -2.34. The Labute approximate surface area is 150 Å². The topological polar surface area (TPSA) is 61.4 Å². The quantitative estimate of drug-likeness (QED) is 0.606. The average molecular weight is 343 g/mol. The van der Waals surface area contributed by atoms with E-state index in [1.807, 2.05) is 11.0 Å². The van der Waals surface area contributed by atoms with Crippen LogP contribution in [0.1, 0.15) is 38.5 Å². The summed E-state index contributed by atoms with van der Waals surface area (Å²) in [5.74, 6) is 1.01. The van der Waals surface area contributed by atoms with Gasteiger partial charge in [0.1, 0.15) is 0 Å². The molecule has 6 heteroatoms. The molecule has 0 bridgehead atoms. The zero-order valence-corrected chi connectivity index (χ0v) is 15.0. The molecule has 0 atom stereocenters. The second-order valence-electron chi connectivity index (χ2n) is 6.77. The van der Waals surface area contributed by atoms with Gasteiger partial charge in [-0.3, -0.25) is 4.79 Å². The molecular weight excluding hydrogens is 314 g/mol. The number of rotatable bonds is 7. The highest BCUT2D eigenvalue weighted by Crippen LogP contribution is 2.19. The first-order chi connectivity index (χ1) is 12.3. The largest absolute Gasteiger partial charge is 0.339 e. The number of nitrogens with zero attached hydrogens (tertiary/aromatic N) is 4. The van der Waals surface area contributed by atoms with Crippen molar-refractivity contribution < 1.29 is 4.79 Å². The number of nitrogens with one attached hydrogen (secondary N) is 1. The molecule has 1 saturated heterocycles. The van der Waals surface area contributed by atoms with Crippen LogP contribution in [0.5, 0.6) is 0 Å². The van der Waals surface area contributed by atoms with Gasteiger partial charge in [-0.15, -0.1) is 0 Å². The maximum atomic E-state index is 12.3. The third kappa shape index (κ3) is 5.53. The van der Waals surface area contributed by atoms with E-state index in [9.17, 15) is 4.79 Å². The zero-order chi connectivity index (χ0) is 17.3. The Morgan fingerprint density at radius 2 is 1.88 bits per heavy atom. The van der Waals surface area contributed by atoms with Crippen molar-refractivity contribution >= 4 is 11.9 Å². The van der Waals surface area contributed by atoms with Crippen molar-refractivity contribution in [3.05, 3.63) is 30.1 Å². The van der Waals surface area contributed by atoms with E-state index in [-0.39, 0.29) is 5.91 Å². The van der Waals surface area contributed by atoms with Gasteiger partial charge in [0.2, 0.25) is 11.9 Å². The fraction of sp³-hybridized carbons (Fsp3) is 0.632. The molecule has 1 aliphatic carbocycles. The van der Waals surface area contributed by atoms with Gasteiger partial charge in [-0.1, -0.05) is 11.6 Å². The lowest BCUT2D eigenvalue weighted by Crippen LogP contribution is -2.49.